The SMILES string of the molecule is C[C@H](NC(=O)CSc1nnc(-c2cccc(Cl)c2)o1)c1cccs1. The quantitative estimate of drug-likeness (QED) is 0.642. The molecule has 1 atom stereocenters. The molecule has 1 aromatic carbocycles. The molecule has 0 fully saturated rings. The molecule has 24 heavy (non-hydrogen) atoms. The van der Waals surface area contributed by atoms with Crippen LogP contribution in [-0.4, -0.2) is 21.9 Å². The molecule has 124 valence electrons. The second-order valence-corrected chi connectivity index (χ2v) is 7.32. The van der Waals surface area contributed by atoms with Crippen molar-refractivity contribution in [2.75, 3.05) is 5.75 Å². The van der Waals surface area contributed by atoms with Gasteiger partial charge in [-0.15, -0.1) is 21.5 Å². The molecule has 0 bridgehead atoms. The van der Waals surface area contributed by atoms with E-state index in [0.29, 0.717) is 16.1 Å². The minimum Gasteiger partial charge on any atom is -0.411 e. The summed E-state index contributed by atoms with van der Waals surface area (Å²) >= 11 is 8.77. The van der Waals surface area contributed by atoms with E-state index < -0.39 is 0 Å². The Morgan fingerprint density at radius 2 is 2.25 bits per heavy atom. The molecule has 0 radical (unpaired) electrons. The third kappa shape index (κ3) is 4.37. The second kappa shape index (κ2) is 7.83. The molecule has 1 amide bonds. The van der Waals surface area contributed by atoms with Gasteiger partial charge in [0, 0.05) is 15.5 Å². The average molecular weight is 380 g/mol. The Morgan fingerprint density at radius 3 is 3.00 bits per heavy atom. The minimum absolute atomic E-state index is 0.0113. The Morgan fingerprint density at radius 1 is 1.38 bits per heavy atom. The molecular formula is C16H14ClN3O2S2. The Bertz CT molecular complexity index is 820. The molecule has 3 rings (SSSR count). The lowest BCUT2D eigenvalue weighted by molar-refractivity contribution is -0.119. The monoisotopic (exact) mass is 379 g/mol. The van der Waals surface area contributed by atoms with Crippen LogP contribution in [0.25, 0.3) is 11.5 Å². The highest BCUT2D eigenvalue weighted by Crippen LogP contribution is 2.25. The first-order valence-corrected chi connectivity index (χ1v) is 9.41. The zero-order chi connectivity index (χ0) is 16.9. The van der Waals surface area contributed by atoms with Gasteiger partial charge in [0.1, 0.15) is 0 Å². The van der Waals surface area contributed by atoms with E-state index in [1.165, 1.54) is 11.8 Å². The van der Waals surface area contributed by atoms with Crippen LogP contribution in [0.5, 0.6) is 0 Å². The third-order valence-electron chi connectivity index (χ3n) is 3.15. The number of amides is 1. The van der Waals surface area contributed by atoms with Crippen molar-refractivity contribution >= 4 is 40.6 Å². The van der Waals surface area contributed by atoms with E-state index in [2.05, 4.69) is 15.5 Å². The van der Waals surface area contributed by atoms with E-state index in [1.54, 1.807) is 23.5 Å². The number of nitrogens with one attached hydrogen (secondary N) is 1. The Kier molecular flexibility index (Phi) is 5.55. The zero-order valence-electron chi connectivity index (χ0n) is 12.7. The average Bonchev–Trinajstić information content (AvgIpc) is 3.25. The van der Waals surface area contributed by atoms with Gasteiger partial charge in [-0.1, -0.05) is 35.5 Å². The summed E-state index contributed by atoms with van der Waals surface area (Å²) in [5.74, 6) is 0.517. The fourth-order valence-corrected chi connectivity index (χ4v) is 3.52. The fraction of sp³-hybridized carbons (Fsp3) is 0.188. The number of hydrogen-bond acceptors (Lipinski definition) is 6. The van der Waals surface area contributed by atoms with Crippen LogP contribution in [0.4, 0.5) is 0 Å². The van der Waals surface area contributed by atoms with Crippen LogP contribution >= 0.6 is 34.7 Å². The van der Waals surface area contributed by atoms with Crippen molar-refractivity contribution < 1.29 is 9.21 Å². The summed E-state index contributed by atoms with van der Waals surface area (Å²) in [6.45, 7) is 1.96. The lowest BCUT2D eigenvalue weighted by atomic mass is 10.2. The molecule has 0 unspecified atom stereocenters. The van der Waals surface area contributed by atoms with Crippen molar-refractivity contribution in [3.05, 3.63) is 51.7 Å². The van der Waals surface area contributed by atoms with Crippen LogP contribution in [-0.2, 0) is 4.79 Å². The van der Waals surface area contributed by atoms with Crippen LogP contribution in [0.2, 0.25) is 5.02 Å². The van der Waals surface area contributed by atoms with Crippen LogP contribution in [0.3, 0.4) is 0 Å². The van der Waals surface area contributed by atoms with Gasteiger partial charge in [0.05, 0.1) is 11.8 Å². The lowest BCUT2D eigenvalue weighted by Crippen LogP contribution is -2.27. The molecule has 0 saturated heterocycles. The van der Waals surface area contributed by atoms with Gasteiger partial charge in [0.25, 0.3) is 5.22 Å². The summed E-state index contributed by atoms with van der Waals surface area (Å²) in [5.41, 5.74) is 0.748. The van der Waals surface area contributed by atoms with Crippen molar-refractivity contribution in [3.63, 3.8) is 0 Å². The Labute approximate surface area is 152 Å². The summed E-state index contributed by atoms with van der Waals surface area (Å²) < 4.78 is 5.56. The Balaban J connectivity index is 1.54. The fourth-order valence-electron chi connectivity index (χ4n) is 2.03. The molecule has 1 N–H and O–H groups in total. The largest absolute Gasteiger partial charge is 0.411 e. The van der Waals surface area contributed by atoms with Crippen molar-refractivity contribution in [1.82, 2.24) is 15.5 Å². The van der Waals surface area contributed by atoms with E-state index in [-0.39, 0.29) is 17.7 Å². The maximum Gasteiger partial charge on any atom is 0.277 e. The van der Waals surface area contributed by atoms with Gasteiger partial charge >= 0.3 is 0 Å². The number of thiophene rings is 1. The molecule has 5 nitrogen and oxygen atoms in total. The topological polar surface area (TPSA) is 68.0 Å². The summed E-state index contributed by atoms with van der Waals surface area (Å²) in [6, 6.07) is 11.1. The predicted molar refractivity (Wildman–Crippen MR) is 96.3 cm³/mol. The second-order valence-electron chi connectivity index (χ2n) is 4.98. The van der Waals surface area contributed by atoms with Gasteiger partial charge in [0.2, 0.25) is 11.8 Å². The van der Waals surface area contributed by atoms with Gasteiger partial charge in [-0.05, 0) is 36.6 Å². The molecule has 3 aromatic rings. The first-order chi connectivity index (χ1) is 11.6. The smallest absolute Gasteiger partial charge is 0.277 e. The number of aromatic nitrogens is 2. The highest BCUT2D eigenvalue weighted by atomic mass is 35.5. The van der Waals surface area contributed by atoms with Gasteiger partial charge in [-0.2, -0.15) is 0 Å². The van der Waals surface area contributed by atoms with Gasteiger partial charge in [-0.25, -0.2) is 0 Å². The predicted octanol–water partition coefficient (Wildman–Crippen LogP) is 4.42. The molecule has 0 aliphatic carbocycles. The van der Waals surface area contributed by atoms with Gasteiger partial charge in [-0.3, -0.25) is 4.79 Å². The van der Waals surface area contributed by atoms with E-state index in [1.807, 2.05) is 36.6 Å². The van der Waals surface area contributed by atoms with Crippen molar-refractivity contribution in [3.8, 4) is 11.5 Å². The number of carbonyl (C=O) groups excluding carboxylic acids is 1. The van der Waals surface area contributed by atoms with E-state index >= 15 is 0 Å². The van der Waals surface area contributed by atoms with Crippen LogP contribution in [0, 0.1) is 0 Å². The van der Waals surface area contributed by atoms with Crippen molar-refractivity contribution in [2.24, 2.45) is 0 Å². The number of hydrogen-bond donors (Lipinski definition) is 1. The highest BCUT2D eigenvalue weighted by Gasteiger charge is 2.14. The molecular weight excluding hydrogens is 366 g/mol. The summed E-state index contributed by atoms with van der Waals surface area (Å²) in [5, 5.41) is 13.8. The maximum absolute atomic E-state index is 12.0. The van der Waals surface area contributed by atoms with Crippen LogP contribution < -0.4 is 5.32 Å². The lowest BCUT2D eigenvalue weighted by Gasteiger charge is -2.11. The molecule has 2 heterocycles. The summed E-state index contributed by atoms with van der Waals surface area (Å²) in [6.07, 6.45) is 0. The molecule has 2 aromatic heterocycles. The zero-order valence-corrected chi connectivity index (χ0v) is 15.1. The van der Waals surface area contributed by atoms with E-state index in [9.17, 15) is 4.79 Å². The summed E-state index contributed by atoms with van der Waals surface area (Å²) in [4.78, 5) is 13.1. The number of carbonyl (C=O) groups is 1. The first kappa shape index (κ1) is 17.0. The van der Waals surface area contributed by atoms with Gasteiger partial charge in [0.15, 0.2) is 0 Å². The number of rotatable bonds is 6. The standard InChI is InChI=1S/C16H14ClN3O2S2/c1-10(13-6-3-7-23-13)18-14(21)9-24-16-20-19-15(22-16)11-4-2-5-12(17)8-11/h2-8,10H,9H2,1H3,(H,18,21)/t10-/m0/s1. The van der Waals surface area contributed by atoms with Crippen LogP contribution in [0.1, 0.15) is 17.8 Å². The number of thioether (sulfide) groups is 1. The van der Waals surface area contributed by atoms with Crippen molar-refractivity contribution in [1.29, 1.82) is 0 Å². The van der Waals surface area contributed by atoms with Crippen LogP contribution in [0.15, 0.2) is 51.4 Å². The molecule has 0 aliphatic rings. The van der Waals surface area contributed by atoms with Gasteiger partial charge < -0.3 is 9.73 Å². The van der Waals surface area contributed by atoms with E-state index in [4.69, 9.17) is 16.0 Å². The molecule has 8 heteroatoms. The minimum atomic E-state index is -0.0802. The van der Waals surface area contributed by atoms with E-state index in [0.717, 1.165) is 10.4 Å². The molecule has 0 saturated carbocycles. The molecule has 0 spiro atoms. The van der Waals surface area contributed by atoms with Crippen molar-refractivity contribution in [2.45, 2.75) is 18.2 Å². The number of nitrogens with zero attached hydrogens (tertiary/aromatic N) is 2. The highest BCUT2D eigenvalue weighted by molar-refractivity contribution is 7.99. The number of benzene rings is 1. The normalized spacial score (nSPS) is 12.1. The first-order valence-electron chi connectivity index (χ1n) is 7.17. The Hall–Kier alpha value is -1.83. The molecule has 0 aliphatic heterocycles. The third-order valence-corrected chi connectivity index (χ3v) is 5.26. The summed E-state index contributed by atoms with van der Waals surface area (Å²) in [7, 11) is 0. The maximum atomic E-state index is 12.0. The number of halogens is 1.